The Labute approximate surface area is 201 Å². The average Bonchev–Trinajstić information content (AvgIpc) is 2.78. The Balaban J connectivity index is 1.46. The number of benzene rings is 2. The first kappa shape index (κ1) is 25.5. The molecule has 0 spiro atoms. The highest BCUT2D eigenvalue weighted by molar-refractivity contribution is 7.92. The lowest BCUT2D eigenvalue weighted by Gasteiger charge is -2.26. The normalized spacial score (nSPS) is 14.8. The molecule has 2 aromatic carbocycles. The number of hydrogen-bond donors (Lipinski definition) is 1. The van der Waals surface area contributed by atoms with Crippen LogP contribution in [0.3, 0.4) is 0 Å². The number of nitrogens with zero attached hydrogens (tertiary/aromatic N) is 2. The molecule has 1 aliphatic rings. The lowest BCUT2D eigenvalue weighted by molar-refractivity contribution is -0.121. The number of halogens is 1. The van der Waals surface area contributed by atoms with E-state index in [0.717, 1.165) is 44.7 Å². The zero-order chi connectivity index (χ0) is 23.8. The SMILES string of the molecule is Cc1c(Cl)cccc1N(CCCC(=O)NCc1ccc(CN2CCOCC2)cc1)S(C)(=O)=O. The summed E-state index contributed by atoms with van der Waals surface area (Å²) in [7, 11) is -3.49. The highest BCUT2D eigenvalue weighted by Gasteiger charge is 2.20. The van der Waals surface area contributed by atoms with E-state index in [1.165, 1.54) is 9.87 Å². The molecule has 33 heavy (non-hydrogen) atoms. The van der Waals surface area contributed by atoms with Gasteiger partial charge in [-0.1, -0.05) is 41.9 Å². The van der Waals surface area contributed by atoms with Crippen LogP contribution >= 0.6 is 11.6 Å². The monoisotopic (exact) mass is 493 g/mol. The van der Waals surface area contributed by atoms with Crippen molar-refractivity contribution >= 4 is 33.2 Å². The molecule has 1 aliphatic heterocycles. The third-order valence-electron chi connectivity index (χ3n) is 5.70. The molecule has 0 radical (unpaired) electrons. The fourth-order valence-electron chi connectivity index (χ4n) is 3.78. The van der Waals surface area contributed by atoms with E-state index in [1.807, 2.05) is 12.1 Å². The number of sulfonamides is 1. The molecule has 0 atom stereocenters. The van der Waals surface area contributed by atoms with Crippen molar-refractivity contribution in [3.05, 3.63) is 64.2 Å². The summed E-state index contributed by atoms with van der Waals surface area (Å²) in [5.74, 6) is -0.108. The molecular formula is C24H32ClN3O4S. The van der Waals surface area contributed by atoms with Gasteiger partial charge in [0.1, 0.15) is 0 Å². The number of carbonyl (C=O) groups excluding carboxylic acids is 1. The summed E-state index contributed by atoms with van der Waals surface area (Å²) >= 11 is 6.16. The third-order valence-corrected chi connectivity index (χ3v) is 7.29. The molecular weight excluding hydrogens is 462 g/mol. The molecule has 3 rings (SSSR count). The number of nitrogens with one attached hydrogen (secondary N) is 1. The lowest BCUT2D eigenvalue weighted by Crippen LogP contribution is -2.35. The fraction of sp³-hybridized carbons (Fsp3) is 0.458. The maximum atomic E-state index is 12.3. The number of carbonyl (C=O) groups is 1. The third kappa shape index (κ3) is 7.71. The Morgan fingerprint density at radius 3 is 2.45 bits per heavy atom. The Morgan fingerprint density at radius 2 is 1.79 bits per heavy atom. The molecule has 1 heterocycles. The molecule has 1 N–H and O–H groups in total. The van der Waals surface area contributed by atoms with E-state index in [4.69, 9.17) is 16.3 Å². The Morgan fingerprint density at radius 1 is 1.12 bits per heavy atom. The van der Waals surface area contributed by atoms with Crippen LogP contribution in [0.15, 0.2) is 42.5 Å². The van der Waals surface area contributed by atoms with E-state index >= 15 is 0 Å². The van der Waals surface area contributed by atoms with Gasteiger partial charge in [0.15, 0.2) is 0 Å². The number of morpholine rings is 1. The van der Waals surface area contributed by atoms with Gasteiger partial charge in [0.05, 0.1) is 25.2 Å². The summed E-state index contributed by atoms with van der Waals surface area (Å²) < 4.78 is 31.3. The van der Waals surface area contributed by atoms with Gasteiger partial charge in [0.2, 0.25) is 15.9 Å². The molecule has 0 unspecified atom stereocenters. The minimum absolute atomic E-state index is 0.108. The van der Waals surface area contributed by atoms with Crippen LogP contribution in [0.2, 0.25) is 5.02 Å². The van der Waals surface area contributed by atoms with E-state index in [0.29, 0.717) is 29.2 Å². The predicted octanol–water partition coefficient (Wildman–Crippen LogP) is 3.34. The minimum atomic E-state index is -3.49. The van der Waals surface area contributed by atoms with E-state index in [-0.39, 0.29) is 18.9 Å². The number of rotatable bonds is 10. The molecule has 9 heteroatoms. The summed E-state index contributed by atoms with van der Waals surface area (Å²) in [6, 6.07) is 13.4. The lowest BCUT2D eigenvalue weighted by atomic mass is 10.1. The van der Waals surface area contributed by atoms with Crippen molar-refractivity contribution in [1.82, 2.24) is 10.2 Å². The summed E-state index contributed by atoms with van der Waals surface area (Å²) in [5.41, 5.74) is 3.51. The zero-order valence-electron chi connectivity index (χ0n) is 19.2. The summed E-state index contributed by atoms with van der Waals surface area (Å²) in [5, 5.41) is 3.43. The Bertz CT molecular complexity index is 1040. The Hall–Kier alpha value is -2.13. The smallest absolute Gasteiger partial charge is 0.232 e. The average molecular weight is 494 g/mol. The first-order chi connectivity index (χ1) is 15.7. The number of amides is 1. The van der Waals surface area contributed by atoms with Gasteiger partial charge in [-0.3, -0.25) is 14.0 Å². The molecule has 2 aromatic rings. The molecule has 180 valence electrons. The Kier molecular flexibility index (Phi) is 9.14. The number of ether oxygens (including phenoxy) is 1. The van der Waals surface area contributed by atoms with Crippen molar-refractivity contribution in [2.75, 3.05) is 43.4 Å². The van der Waals surface area contributed by atoms with Gasteiger partial charge in [-0.15, -0.1) is 0 Å². The van der Waals surface area contributed by atoms with Crippen molar-refractivity contribution in [3.8, 4) is 0 Å². The van der Waals surface area contributed by atoms with Gasteiger partial charge < -0.3 is 10.1 Å². The van der Waals surface area contributed by atoms with Crippen LogP contribution in [-0.4, -0.2) is 58.3 Å². The molecule has 0 aromatic heterocycles. The van der Waals surface area contributed by atoms with E-state index < -0.39 is 10.0 Å². The van der Waals surface area contributed by atoms with Crippen LogP contribution in [0.1, 0.15) is 29.5 Å². The minimum Gasteiger partial charge on any atom is -0.379 e. The maximum absolute atomic E-state index is 12.3. The highest BCUT2D eigenvalue weighted by Crippen LogP contribution is 2.28. The van der Waals surface area contributed by atoms with Crippen LogP contribution in [0.5, 0.6) is 0 Å². The van der Waals surface area contributed by atoms with E-state index in [9.17, 15) is 13.2 Å². The molecule has 1 fully saturated rings. The van der Waals surface area contributed by atoms with Crippen molar-refractivity contribution in [2.24, 2.45) is 0 Å². The molecule has 0 saturated carbocycles. The van der Waals surface area contributed by atoms with Gasteiger partial charge in [-0.05, 0) is 42.2 Å². The highest BCUT2D eigenvalue weighted by atomic mass is 35.5. The summed E-state index contributed by atoms with van der Waals surface area (Å²) in [6.07, 6.45) is 1.81. The quantitative estimate of drug-likeness (QED) is 0.549. The van der Waals surface area contributed by atoms with Crippen molar-refractivity contribution in [2.45, 2.75) is 32.9 Å². The second-order valence-corrected chi connectivity index (χ2v) is 10.6. The van der Waals surface area contributed by atoms with Crippen molar-refractivity contribution in [1.29, 1.82) is 0 Å². The standard InChI is InChI=1S/C24H32ClN3O4S/c1-19-22(25)5-3-6-23(19)28(33(2,30)31)12-4-7-24(29)26-17-20-8-10-21(11-9-20)18-27-13-15-32-16-14-27/h3,5-6,8-11H,4,7,12-18H2,1-2H3,(H,26,29). The molecule has 0 aliphatic carbocycles. The van der Waals surface area contributed by atoms with Crippen LogP contribution in [0.4, 0.5) is 5.69 Å². The van der Waals surface area contributed by atoms with Crippen molar-refractivity contribution in [3.63, 3.8) is 0 Å². The van der Waals surface area contributed by atoms with Crippen LogP contribution in [-0.2, 0) is 32.6 Å². The van der Waals surface area contributed by atoms with Gasteiger partial charge in [-0.25, -0.2) is 8.42 Å². The van der Waals surface area contributed by atoms with Gasteiger partial charge in [0, 0.05) is 44.2 Å². The molecule has 1 amide bonds. The van der Waals surface area contributed by atoms with E-state index in [1.54, 1.807) is 25.1 Å². The number of hydrogen-bond acceptors (Lipinski definition) is 5. The first-order valence-electron chi connectivity index (χ1n) is 11.1. The van der Waals surface area contributed by atoms with Crippen molar-refractivity contribution < 1.29 is 17.9 Å². The van der Waals surface area contributed by atoms with Crippen LogP contribution in [0.25, 0.3) is 0 Å². The van der Waals surface area contributed by atoms with Gasteiger partial charge in [0.25, 0.3) is 0 Å². The fourth-order valence-corrected chi connectivity index (χ4v) is 4.97. The first-order valence-corrected chi connectivity index (χ1v) is 13.3. The molecule has 0 bridgehead atoms. The zero-order valence-corrected chi connectivity index (χ0v) is 20.8. The largest absolute Gasteiger partial charge is 0.379 e. The summed E-state index contributed by atoms with van der Waals surface area (Å²) in [6.45, 7) is 6.81. The summed E-state index contributed by atoms with van der Waals surface area (Å²) in [4.78, 5) is 14.7. The van der Waals surface area contributed by atoms with Crippen LogP contribution in [0, 0.1) is 6.92 Å². The topological polar surface area (TPSA) is 79.0 Å². The van der Waals surface area contributed by atoms with Crippen LogP contribution < -0.4 is 9.62 Å². The second-order valence-electron chi connectivity index (χ2n) is 8.30. The van der Waals surface area contributed by atoms with Gasteiger partial charge >= 0.3 is 0 Å². The number of anilines is 1. The van der Waals surface area contributed by atoms with E-state index in [2.05, 4.69) is 22.3 Å². The van der Waals surface area contributed by atoms with Gasteiger partial charge in [-0.2, -0.15) is 0 Å². The molecule has 7 nitrogen and oxygen atoms in total. The molecule has 1 saturated heterocycles. The maximum Gasteiger partial charge on any atom is 0.232 e. The predicted molar refractivity (Wildman–Crippen MR) is 132 cm³/mol. The second kappa shape index (κ2) is 11.8.